The molecule has 1 saturated heterocycles. The van der Waals surface area contributed by atoms with Gasteiger partial charge in [-0.1, -0.05) is 18.2 Å². The number of piperazine rings is 1. The van der Waals surface area contributed by atoms with Gasteiger partial charge in [-0.2, -0.15) is 0 Å². The smallest absolute Gasteiger partial charge is 0.321 e. The molecule has 0 radical (unpaired) electrons. The first-order chi connectivity index (χ1) is 10.1. The van der Waals surface area contributed by atoms with Gasteiger partial charge < -0.3 is 15.1 Å². The standard InChI is InChI=1S/C15H20FN3O2/c1-3-18(4-2)15(21)19-10-9-17-14(20)13(19)11-7-5-6-8-12(11)16/h5-8,13H,3-4,9-10H2,1-2H3,(H,17,20). The summed E-state index contributed by atoms with van der Waals surface area (Å²) in [6.45, 7) is 5.62. The van der Waals surface area contributed by atoms with E-state index in [1.54, 1.807) is 23.1 Å². The molecule has 1 fully saturated rings. The van der Waals surface area contributed by atoms with E-state index in [1.165, 1.54) is 11.0 Å². The summed E-state index contributed by atoms with van der Waals surface area (Å²) < 4.78 is 14.0. The molecule has 1 heterocycles. The van der Waals surface area contributed by atoms with Crippen molar-refractivity contribution in [1.82, 2.24) is 15.1 Å². The zero-order valence-electron chi connectivity index (χ0n) is 12.3. The maximum absolute atomic E-state index is 14.0. The Labute approximate surface area is 123 Å². The Morgan fingerprint density at radius 3 is 2.67 bits per heavy atom. The van der Waals surface area contributed by atoms with Crippen LogP contribution in [0.5, 0.6) is 0 Å². The van der Waals surface area contributed by atoms with Crippen LogP contribution in [-0.4, -0.2) is 47.9 Å². The summed E-state index contributed by atoms with van der Waals surface area (Å²) in [7, 11) is 0. The minimum atomic E-state index is -0.909. The summed E-state index contributed by atoms with van der Waals surface area (Å²) in [6.07, 6.45) is 0. The molecule has 1 aliphatic heterocycles. The number of nitrogens with one attached hydrogen (secondary N) is 1. The zero-order chi connectivity index (χ0) is 15.4. The van der Waals surface area contributed by atoms with Crippen LogP contribution in [0, 0.1) is 5.82 Å². The normalized spacial score (nSPS) is 18.3. The van der Waals surface area contributed by atoms with E-state index in [-0.39, 0.29) is 17.5 Å². The van der Waals surface area contributed by atoms with Crippen molar-refractivity contribution in [3.63, 3.8) is 0 Å². The van der Waals surface area contributed by atoms with Gasteiger partial charge in [-0.05, 0) is 19.9 Å². The molecule has 0 bridgehead atoms. The molecule has 5 nitrogen and oxygen atoms in total. The number of carbonyl (C=O) groups excluding carboxylic acids is 2. The zero-order valence-corrected chi connectivity index (χ0v) is 12.3. The highest BCUT2D eigenvalue weighted by Gasteiger charge is 2.37. The van der Waals surface area contributed by atoms with Crippen molar-refractivity contribution in [2.24, 2.45) is 0 Å². The summed E-state index contributed by atoms with van der Waals surface area (Å²) in [4.78, 5) is 27.8. The molecule has 2 rings (SSSR count). The second-order valence-corrected chi connectivity index (χ2v) is 4.86. The molecule has 21 heavy (non-hydrogen) atoms. The number of amides is 3. The minimum absolute atomic E-state index is 0.232. The van der Waals surface area contributed by atoms with Gasteiger partial charge in [-0.3, -0.25) is 4.79 Å². The molecule has 114 valence electrons. The maximum Gasteiger partial charge on any atom is 0.321 e. The lowest BCUT2D eigenvalue weighted by Crippen LogP contribution is -2.55. The third kappa shape index (κ3) is 2.99. The molecule has 1 atom stereocenters. The fourth-order valence-electron chi connectivity index (χ4n) is 2.55. The van der Waals surface area contributed by atoms with Crippen LogP contribution in [0.3, 0.4) is 0 Å². The fourth-order valence-corrected chi connectivity index (χ4v) is 2.55. The van der Waals surface area contributed by atoms with Crippen LogP contribution in [0.4, 0.5) is 9.18 Å². The third-order valence-electron chi connectivity index (χ3n) is 3.69. The Bertz CT molecular complexity index is 531. The second kappa shape index (κ2) is 6.56. The Balaban J connectivity index is 2.36. The van der Waals surface area contributed by atoms with Crippen LogP contribution in [0.15, 0.2) is 24.3 Å². The van der Waals surface area contributed by atoms with Crippen molar-refractivity contribution in [3.05, 3.63) is 35.6 Å². The van der Waals surface area contributed by atoms with Crippen LogP contribution in [0.1, 0.15) is 25.5 Å². The first kappa shape index (κ1) is 15.3. The Morgan fingerprint density at radius 1 is 1.38 bits per heavy atom. The van der Waals surface area contributed by atoms with E-state index in [0.717, 1.165) is 0 Å². The molecule has 1 unspecified atom stereocenters. The van der Waals surface area contributed by atoms with Crippen molar-refractivity contribution < 1.29 is 14.0 Å². The van der Waals surface area contributed by atoms with E-state index >= 15 is 0 Å². The van der Waals surface area contributed by atoms with Gasteiger partial charge in [0.25, 0.3) is 0 Å². The first-order valence-corrected chi connectivity index (χ1v) is 7.17. The molecule has 1 aromatic carbocycles. The monoisotopic (exact) mass is 293 g/mol. The first-order valence-electron chi connectivity index (χ1n) is 7.17. The van der Waals surface area contributed by atoms with Gasteiger partial charge in [0.2, 0.25) is 5.91 Å². The molecule has 0 aromatic heterocycles. The molecule has 0 spiro atoms. The minimum Gasteiger partial charge on any atom is -0.352 e. The summed E-state index contributed by atoms with van der Waals surface area (Å²) in [6, 6.07) is 4.94. The van der Waals surface area contributed by atoms with Crippen LogP contribution in [0.2, 0.25) is 0 Å². The highest BCUT2D eigenvalue weighted by Crippen LogP contribution is 2.26. The highest BCUT2D eigenvalue weighted by molar-refractivity contribution is 5.89. The Morgan fingerprint density at radius 2 is 2.05 bits per heavy atom. The average molecular weight is 293 g/mol. The molecule has 1 aromatic rings. The van der Waals surface area contributed by atoms with Crippen molar-refractivity contribution in [2.75, 3.05) is 26.2 Å². The SMILES string of the molecule is CCN(CC)C(=O)N1CCNC(=O)C1c1ccccc1F. The van der Waals surface area contributed by atoms with Crippen LogP contribution in [-0.2, 0) is 4.79 Å². The van der Waals surface area contributed by atoms with Gasteiger partial charge in [0.1, 0.15) is 11.9 Å². The molecular weight excluding hydrogens is 273 g/mol. The second-order valence-electron chi connectivity index (χ2n) is 4.86. The van der Waals surface area contributed by atoms with Crippen LogP contribution in [0.25, 0.3) is 0 Å². The molecular formula is C15H20FN3O2. The van der Waals surface area contributed by atoms with E-state index in [9.17, 15) is 14.0 Å². The third-order valence-corrected chi connectivity index (χ3v) is 3.69. The summed E-state index contributed by atoms with van der Waals surface area (Å²) in [5.41, 5.74) is 0.232. The number of hydrogen-bond donors (Lipinski definition) is 1. The van der Waals surface area contributed by atoms with Crippen LogP contribution < -0.4 is 5.32 Å². The quantitative estimate of drug-likeness (QED) is 0.923. The summed E-state index contributed by atoms with van der Waals surface area (Å²) >= 11 is 0. The topological polar surface area (TPSA) is 52.7 Å². The molecule has 3 amide bonds. The summed E-state index contributed by atoms with van der Waals surface area (Å²) in [5.74, 6) is -0.816. The van der Waals surface area contributed by atoms with Crippen molar-refractivity contribution in [1.29, 1.82) is 0 Å². The highest BCUT2D eigenvalue weighted by atomic mass is 19.1. The number of nitrogens with zero attached hydrogens (tertiary/aromatic N) is 2. The number of carbonyl (C=O) groups is 2. The number of halogens is 1. The van der Waals surface area contributed by atoms with Crippen molar-refractivity contribution in [2.45, 2.75) is 19.9 Å². The average Bonchev–Trinajstić information content (AvgIpc) is 2.49. The van der Waals surface area contributed by atoms with Crippen LogP contribution >= 0.6 is 0 Å². The van der Waals surface area contributed by atoms with Crippen molar-refractivity contribution in [3.8, 4) is 0 Å². The lowest BCUT2D eigenvalue weighted by Gasteiger charge is -2.38. The fraction of sp³-hybridized carbons (Fsp3) is 0.467. The molecule has 1 aliphatic rings. The van der Waals surface area contributed by atoms with Gasteiger partial charge in [0.05, 0.1) is 0 Å². The maximum atomic E-state index is 14.0. The molecule has 0 saturated carbocycles. The lowest BCUT2D eigenvalue weighted by molar-refractivity contribution is -0.128. The number of benzene rings is 1. The van der Waals surface area contributed by atoms with Gasteiger partial charge in [-0.15, -0.1) is 0 Å². The largest absolute Gasteiger partial charge is 0.352 e. The van der Waals surface area contributed by atoms with Gasteiger partial charge in [-0.25, -0.2) is 9.18 Å². The van der Waals surface area contributed by atoms with Gasteiger partial charge >= 0.3 is 6.03 Å². The number of rotatable bonds is 3. The molecule has 1 N–H and O–H groups in total. The van der Waals surface area contributed by atoms with E-state index < -0.39 is 11.9 Å². The Kier molecular flexibility index (Phi) is 4.77. The van der Waals surface area contributed by atoms with E-state index in [4.69, 9.17) is 0 Å². The predicted octanol–water partition coefficient (Wildman–Crippen LogP) is 1.76. The number of urea groups is 1. The predicted molar refractivity (Wildman–Crippen MR) is 77.2 cm³/mol. The van der Waals surface area contributed by atoms with Gasteiger partial charge in [0.15, 0.2) is 0 Å². The van der Waals surface area contributed by atoms with E-state index in [1.807, 2.05) is 13.8 Å². The summed E-state index contributed by atoms with van der Waals surface area (Å²) in [5, 5.41) is 2.70. The van der Waals surface area contributed by atoms with Crippen molar-refractivity contribution >= 4 is 11.9 Å². The molecule has 0 aliphatic carbocycles. The molecule has 6 heteroatoms. The lowest BCUT2D eigenvalue weighted by atomic mass is 10.0. The van der Waals surface area contributed by atoms with Gasteiger partial charge in [0, 0.05) is 31.7 Å². The Hall–Kier alpha value is -2.11. The van der Waals surface area contributed by atoms with E-state index in [2.05, 4.69) is 5.32 Å². The number of hydrogen-bond acceptors (Lipinski definition) is 2. The van der Waals surface area contributed by atoms with E-state index in [0.29, 0.717) is 26.2 Å².